The van der Waals surface area contributed by atoms with Gasteiger partial charge in [-0.3, -0.25) is 9.59 Å². The summed E-state index contributed by atoms with van der Waals surface area (Å²) in [4.78, 5) is 32.1. The summed E-state index contributed by atoms with van der Waals surface area (Å²) < 4.78 is 7.22. The van der Waals surface area contributed by atoms with Gasteiger partial charge in [-0.15, -0.1) is 0 Å². The van der Waals surface area contributed by atoms with Crippen molar-refractivity contribution in [3.05, 3.63) is 96.6 Å². The lowest BCUT2D eigenvalue weighted by Gasteiger charge is -2.16. The number of pyridine rings is 1. The van der Waals surface area contributed by atoms with Crippen molar-refractivity contribution in [2.24, 2.45) is 0 Å². The van der Waals surface area contributed by atoms with E-state index in [1.165, 1.54) is 0 Å². The van der Waals surface area contributed by atoms with Gasteiger partial charge >= 0.3 is 0 Å². The van der Waals surface area contributed by atoms with Crippen molar-refractivity contribution in [1.82, 2.24) is 14.8 Å². The molecule has 1 saturated heterocycles. The minimum absolute atomic E-state index is 0.131. The average Bonchev–Trinajstić information content (AvgIpc) is 3.67. The van der Waals surface area contributed by atoms with Crippen molar-refractivity contribution in [2.75, 3.05) is 16.8 Å². The lowest BCUT2D eigenvalue weighted by molar-refractivity contribution is -0.117. The van der Waals surface area contributed by atoms with Gasteiger partial charge in [0, 0.05) is 29.9 Å². The summed E-state index contributed by atoms with van der Waals surface area (Å²) in [6.45, 7) is 1.13. The van der Waals surface area contributed by atoms with E-state index in [1.54, 1.807) is 28.1 Å². The molecule has 3 aromatic heterocycles. The van der Waals surface area contributed by atoms with E-state index in [0.717, 1.165) is 30.0 Å². The molecular formula is C28H23N5O3. The van der Waals surface area contributed by atoms with Crippen molar-refractivity contribution >= 4 is 34.2 Å². The maximum Gasteiger partial charge on any atom is 0.256 e. The number of hydrogen-bond acceptors (Lipinski definition) is 5. The summed E-state index contributed by atoms with van der Waals surface area (Å²) in [6, 6.07) is 22.6. The zero-order valence-electron chi connectivity index (χ0n) is 19.4. The number of nitrogens with one attached hydrogen (secondary N) is 1. The molecule has 178 valence electrons. The molecule has 1 aliphatic heterocycles. The van der Waals surface area contributed by atoms with E-state index in [4.69, 9.17) is 9.40 Å². The normalized spacial score (nSPS) is 13.4. The van der Waals surface area contributed by atoms with Crippen LogP contribution in [0.25, 0.3) is 22.3 Å². The van der Waals surface area contributed by atoms with E-state index in [1.807, 2.05) is 66.7 Å². The first-order valence-corrected chi connectivity index (χ1v) is 11.8. The summed E-state index contributed by atoms with van der Waals surface area (Å²) in [7, 11) is 0. The SMILES string of the molecule is O=C(Nc1ccc(N2CCCC2=O)cc1)c1cc(-c2ccccc2)nc2c1cnn2Cc1ccco1. The highest BCUT2D eigenvalue weighted by atomic mass is 16.3. The second kappa shape index (κ2) is 9.14. The van der Waals surface area contributed by atoms with Crippen molar-refractivity contribution in [2.45, 2.75) is 19.4 Å². The lowest BCUT2D eigenvalue weighted by atomic mass is 10.1. The van der Waals surface area contributed by atoms with Crippen LogP contribution in [0.2, 0.25) is 0 Å². The van der Waals surface area contributed by atoms with Gasteiger partial charge in [0.15, 0.2) is 5.65 Å². The molecule has 2 amide bonds. The number of aromatic nitrogens is 3. The molecular weight excluding hydrogens is 454 g/mol. The maximum absolute atomic E-state index is 13.5. The standard InChI is InChI=1S/C28H23N5O3/c34-26-9-4-14-32(26)21-12-10-20(11-13-21)30-28(35)23-16-25(19-6-2-1-3-7-19)31-27-24(23)17-29-33(27)18-22-8-5-15-36-22/h1-3,5-8,10-13,15-17H,4,9,14,18H2,(H,30,35). The van der Waals surface area contributed by atoms with Crippen molar-refractivity contribution < 1.29 is 14.0 Å². The molecule has 0 saturated carbocycles. The number of rotatable bonds is 6. The van der Waals surface area contributed by atoms with E-state index < -0.39 is 0 Å². The topological polar surface area (TPSA) is 93.3 Å². The zero-order valence-corrected chi connectivity index (χ0v) is 19.4. The third kappa shape index (κ3) is 4.13. The average molecular weight is 478 g/mol. The van der Waals surface area contributed by atoms with Gasteiger partial charge in [0.05, 0.1) is 29.1 Å². The summed E-state index contributed by atoms with van der Waals surface area (Å²) in [5, 5.41) is 8.13. The summed E-state index contributed by atoms with van der Waals surface area (Å²) in [6.07, 6.45) is 4.73. The fourth-order valence-corrected chi connectivity index (χ4v) is 4.50. The Morgan fingerprint density at radius 3 is 2.58 bits per heavy atom. The molecule has 0 atom stereocenters. The van der Waals surface area contributed by atoms with Crippen molar-refractivity contribution in [1.29, 1.82) is 0 Å². The Labute approximate surface area is 207 Å². The molecule has 8 nitrogen and oxygen atoms in total. The number of furan rings is 1. The number of nitrogens with zero attached hydrogens (tertiary/aromatic N) is 4. The molecule has 0 spiro atoms. The van der Waals surface area contributed by atoms with Crippen LogP contribution in [0.5, 0.6) is 0 Å². The van der Waals surface area contributed by atoms with E-state index in [0.29, 0.717) is 40.9 Å². The monoisotopic (exact) mass is 477 g/mol. The molecule has 0 aliphatic carbocycles. The van der Waals surface area contributed by atoms with Crippen LogP contribution in [0.15, 0.2) is 89.7 Å². The van der Waals surface area contributed by atoms with Gasteiger partial charge in [-0.25, -0.2) is 9.67 Å². The highest BCUT2D eigenvalue weighted by Gasteiger charge is 2.22. The van der Waals surface area contributed by atoms with Crippen molar-refractivity contribution in [3.63, 3.8) is 0 Å². The Balaban J connectivity index is 1.35. The zero-order chi connectivity index (χ0) is 24.5. The first-order valence-electron chi connectivity index (χ1n) is 11.8. The second-order valence-electron chi connectivity index (χ2n) is 8.69. The Bertz CT molecular complexity index is 1540. The molecule has 2 aromatic carbocycles. The summed E-state index contributed by atoms with van der Waals surface area (Å²) >= 11 is 0. The molecule has 8 heteroatoms. The van der Waals surface area contributed by atoms with Gasteiger partial charge in [0.25, 0.3) is 5.91 Å². The number of hydrogen-bond donors (Lipinski definition) is 1. The molecule has 0 unspecified atom stereocenters. The molecule has 6 rings (SSSR count). The minimum atomic E-state index is -0.262. The number of carbonyl (C=O) groups excluding carboxylic acids is 2. The van der Waals surface area contributed by atoms with Crippen LogP contribution in [0.1, 0.15) is 29.0 Å². The fourth-order valence-electron chi connectivity index (χ4n) is 4.50. The first-order chi connectivity index (χ1) is 17.7. The van der Waals surface area contributed by atoms with Gasteiger partial charge in [-0.2, -0.15) is 5.10 Å². The van der Waals surface area contributed by atoms with E-state index >= 15 is 0 Å². The van der Waals surface area contributed by atoms with Crippen LogP contribution in [-0.4, -0.2) is 33.1 Å². The predicted octanol–water partition coefficient (Wildman–Crippen LogP) is 5.12. The predicted molar refractivity (Wildman–Crippen MR) is 137 cm³/mol. The molecule has 0 radical (unpaired) electrons. The van der Waals surface area contributed by atoms with Gasteiger partial charge in [-0.1, -0.05) is 30.3 Å². The van der Waals surface area contributed by atoms with Crippen molar-refractivity contribution in [3.8, 4) is 11.3 Å². The van der Waals surface area contributed by atoms with E-state index in [-0.39, 0.29) is 11.8 Å². The van der Waals surface area contributed by atoms with Crippen LogP contribution in [-0.2, 0) is 11.3 Å². The molecule has 36 heavy (non-hydrogen) atoms. The van der Waals surface area contributed by atoms with Gasteiger partial charge in [0.2, 0.25) is 5.91 Å². The molecule has 1 aliphatic rings. The molecule has 5 aromatic rings. The number of carbonyl (C=O) groups is 2. The highest BCUT2D eigenvalue weighted by molar-refractivity contribution is 6.12. The minimum Gasteiger partial charge on any atom is -0.467 e. The summed E-state index contributed by atoms with van der Waals surface area (Å²) in [5.74, 6) is 0.614. The highest BCUT2D eigenvalue weighted by Crippen LogP contribution is 2.27. The number of benzene rings is 2. The largest absolute Gasteiger partial charge is 0.467 e. The van der Waals surface area contributed by atoms with Crippen LogP contribution in [0.3, 0.4) is 0 Å². The number of amides is 2. The smallest absolute Gasteiger partial charge is 0.256 e. The van der Waals surface area contributed by atoms with Gasteiger partial charge in [0.1, 0.15) is 12.3 Å². The maximum atomic E-state index is 13.5. The van der Waals surface area contributed by atoms with E-state index in [2.05, 4.69) is 10.4 Å². The van der Waals surface area contributed by atoms with Crippen LogP contribution in [0.4, 0.5) is 11.4 Å². The van der Waals surface area contributed by atoms with Crippen LogP contribution >= 0.6 is 0 Å². The van der Waals surface area contributed by atoms with Crippen LogP contribution in [0, 0.1) is 0 Å². The molecule has 4 heterocycles. The Morgan fingerprint density at radius 2 is 1.86 bits per heavy atom. The Morgan fingerprint density at radius 1 is 1.03 bits per heavy atom. The third-order valence-corrected chi connectivity index (χ3v) is 6.32. The molecule has 0 bridgehead atoms. The second-order valence-corrected chi connectivity index (χ2v) is 8.69. The van der Waals surface area contributed by atoms with Gasteiger partial charge < -0.3 is 14.6 Å². The van der Waals surface area contributed by atoms with Gasteiger partial charge in [-0.05, 0) is 48.9 Å². The Kier molecular flexibility index (Phi) is 5.53. The number of fused-ring (bicyclic) bond motifs is 1. The Hall–Kier alpha value is -4.72. The molecule has 1 fully saturated rings. The third-order valence-electron chi connectivity index (χ3n) is 6.32. The van der Waals surface area contributed by atoms with Crippen LogP contribution < -0.4 is 10.2 Å². The quantitative estimate of drug-likeness (QED) is 0.366. The lowest BCUT2D eigenvalue weighted by Crippen LogP contribution is -2.23. The first kappa shape index (κ1) is 21.8. The number of anilines is 2. The fraction of sp³-hybridized carbons (Fsp3) is 0.143. The summed E-state index contributed by atoms with van der Waals surface area (Å²) in [5.41, 5.74) is 4.14. The molecule has 1 N–H and O–H groups in total. The van der Waals surface area contributed by atoms with E-state index in [9.17, 15) is 9.59 Å².